The fraction of sp³-hybridized carbons (Fsp3) is 0.292. The molecular formula is C24H25N3O6S. The average Bonchev–Trinajstić information content (AvgIpc) is 3.24. The number of hydrogen-bond acceptors (Lipinski definition) is 8. The van der Waals surface area contributed by atoms with Gasteiger partial charge in [-0.3, -0.25) is 14.7 Å². The lowest BCUT2D eigenvalue weighted by Crippen LogP contribution is -2.43. The Balaban J connectivity index is 1.89. The molecule has 10 heteroatoms. The highest BCUT2D eigenvalue weighted by molar-refractivity contribution is 7.80. The highest BCUT2D eigenvalue weighted by Crippen LogP contribution is 2.28. The van der Waals surface area contributed by atoms with Gasteiger partial charge in [-0.1, -0.05) is 25.3 Å². The lowest BCUT2D eigenvalue weighted by atomic mass is 10.1. The number of anilines is 1. The van der Waals surface area contributed by atoms with Gasteiger partial charge in [0, 0.05) is 24.9 Å². The summed E-state index contributed by atoms with van der Waals surface area (Å²) in [6.45, 7) is 8.87. The summed E-state index contributed by atoms with van der Waals surface area (Å²) < 4.78 is 15.8. The minimum Gasteiger partial charge on any atom is -0.482 e. The van der Waals surface area contributed by atoms with Crippen LogP contribution in [-0.4, -0.2) is 64.8 Å². The molecule has 0 radical (unpaired) electrons. The molecule has 0 bridgehead atoms. The fourth-order valence-electron chi connectivity index (χ4n) is 3.62. The first-order valence-electron chi connectivity index (χ1n) is 10.5. The molecule has 1 fully saturated rings. The highest BCUT2D eigenvalue weighted by atomic mass is 32.1. The standard InChI is InChI=1S/C24H25N3O6S/c1-4-9-31-23(29)16-11-19-18(7-6-8-25-19)20(12-16)26-22(28)21-13-17(33-15(3)34)14-27(21)24(30)32-10-5-2/h4-8,11-12,17,21H,1-2,9-10,13-14H2,3H3,(H,26,28). The second kappa shape index (κ2) is 11.4. The molecular weight excluding hydrogens is 458 g/mol. The lowest BCUT2D eigenvalue weighted by molar-refractivity contribution is -0.120. The van der Waals surface area contributed by atoms with E-state index in [1.807, 2.05) is 0 Å². The van der Waals surface area contributed by atoms with Crippen molar-refractivity contribution in [3.05, 3.63) is 61.3 Å². The number of carbonyl (C=O) groups excluding carboxylic acids is 3. The molecule has 2 atom stereocenters. The van der Waals surface area contributed by atoms with E-state index in [-0.39, 0.29) is 31.7 Å². The number of esters is 1. The van der Waals surface area contributed by atoms with E-state index in [9.17, 15) is 14.4 Å². The van der Waals surface area contributed by atoms with Gasteiger partial charge >= 0.3 is 12.1 Å². The molecule has 1 aliphatic heterocycles. The van der Waals surface area contributed by atoms with Gasteiger partial charge in [0.05, 0.1) is 23.3 Å². The first-order chi connectivity index (χ1) is 16.3. The third kappa shape index (κ3) is 5.96. The van der Waals surface area contributed by atoms with Gasteiger partial charge in [-0.2, -0.15) is 0 Å². The molecule has 1 N–H and O–H groups in total. The van der Waals surface area contributed by atoms with Crippen LogP contribution in [0.4, 0.5) is 10.5 Å². The third-order valence-corrected chi connectivity index (χ3v) is 5.10. The van der Waals surface area contributed by atoms with Crippen molar-refractivity contribution in [2.24, 2.45) is 0 Å². The van der Waals surface area contributed by atoms with Crippen LogP contribution in [0.2, 0.25) is 0 Å². The van der Waals surface area contributed by atoms with Crippen molar-refractivity contribution in [1.29, 1.82) is 0 Å². The first-order valence-corrected chi connectivity index (χ1v) is 10.9. The summed E-state index contributed by atoms with van der Waals surface area (Å²) in [6.07, 6.45) is 3.58. The first kappa shape index (κ1) is 24.8. The summed E-state index contributed by atoms with van der Waals surface area (Å²) >= 11 is 5.01. The van der Waals surface area contributed by atoms with Gasteiger partial charge in [-0.25, -0.2) is 9.59 Å². The van der Waals surface area contributed by atoms with Crippen LogP contribution in [0.3, 0.4) is 0 Å². The van der Waals surface area contributed by atoms with Gasteiger partial charge in [-0.05, 0) is 36.5 Å². The second-order valence-electron chi connectivity index (χ2n) is 7.47. The van der Waals surface area contributed by atoms with Crippen LogP contribution in [-0.2, 0) is 19.0 Å². The number of amides is 2. The molecule has 34 heavy (non-hydrogen) atoms. The zero-order chi connectivity index (χ0) is 24.7. The van der Waals surface area contributed by atoms with Gasteiger partial charge in [0.15, 0.2) is 5.05 Å². The summed E-state index contributed by atoms with van der Waals surface area (Å²) in [5.41, 5.74) is 1.07. The number of carbonyl (C=O) groups is 3. The van der Waals surface area contributed by atoms with Crippen molar-refractivity contribution in [1.82, 2.24) is 9.88 Å². The van der Waals surface area contributed by atoms with Crippen LogP contribution in [0.5, 0.6) is 0 Å². The largest absolute Gasteiger partial charge is 0.482 e. The maximum absolute atomic E-state index is 13.3. The Morgan fingerprint density at radius 2 is 1.97 bits per heavy atom. The minimum atomic E-state index is -0.875. The molecule has 2 unspecified atom stereocenters. The number of hydrogen-bond donors (Lipinski definition) is 1. The van der Waals surface area contributed by atoms with Gasteiger partial charge in [0.25, 0.3) is 0 Å². The van der Waals surface area contributed by atoms with Crippen molar-refractivity contribution in [2.75, 3.05) is 25.1 Å². The topological polar surface area (TPSA) is 107 Å². The fourth-order valence-corrected chi connectivity index (χ4v) is 3.75. The van der Waals surface area contributed by atoms with Crippen molar-refractivity contribution in [2.45, 2.75) is 25.5 Å². The zero-order valence-electron chi connectivity index (χ0n) is 18.7. The normalized spacial score (nSPS) is 17.0. The number of pyridine rings is 1. The molecule has 2 aromatic rings. The number of aromatic nitrogens is 1. The van der Waals surface area contributed by atoms with E-state index in [4.69, 9.17) is 26.4 Å². The lowest BCUT2D eigenvalue weighted by Gasteiger charge is -2.23. The van der Waals surface area contributed by atoms with Gasteiger partial charge in [0.2, 0.25) is 5.91 Å². The molecule has 1 saturated heterocycles. The third-order valence-electron chi connectivity index (χ3n) is 5.00. The van der Waals surface area contributed by atoms with Crippen molar-refractivity contribution in [3.63, 3.8) is 0 Å². The van der Waals surface area contributed by atoms with Gasteiger partial charge < -0.3 is 19.5 Å². The van der Waals surface area contributed by atoms with E-state index in [0.29, 0.717) is 21.6 Å². The van der Waals surface area contributed by atoms with Crippen LogP contribution in [0.25, 0.3) is 10.9 Å². The average molecular weight is 484 g/mol. The van der Waals surface area contributed by atoms with E-state index in [2.05, 4.69) is 23.5 Å². The molecule has 0 saturated carbocycles. The quantitative estimate of drug-likeness (QED) is 0.345. The Kier molecular flexibility index (Phi) is 8.31. The van der Waals surface area contributed by atoms with Crippen molar-refractivity contribution in [3.8, 4) is 0 Å². The molecule has 1 aliphatic rings. The highest BCUT2D eigenvalue weighted by Gasteiger charge is 2.42. The maximum Gasteiger partial charge on any atom is 0.410 e. The zero-order valence-corrected chi connectivity index (χ0v) is 19.5. The van der Waals surface area contributed by atoms with E-state index in [1.165, 1.54) is 23.1 Å². The van der Waals surface area contributed by atoms with Crippen LogP contribution in [0, 0.1) is 0 Å². The van der Waals surface area contributed by atoms with E-state index in [0.717, 1.165) is 0 Å². The Bertz CT molecular complexity index is 1130. The molecule has 178 valence electrons. The van der Waals surface area contributed by atoms with Gasteiger partial charge in [-0.15, -0.1) is 0 Å². The number of fused-ring (bicyclic) bond motifs is 1. The number of thiocarbonyl (C=S) groups is 1. The predicted octanol–water partition coefficient (Wildman–Crippen LogP) is 3.65. The van der Waals surface area contributed by atoms with E-state index >= 15 is 0 Å². The Morgan fingerprint density at radius 3 is 2.68 bits per heavy atom. The predicted molar refractivity (Wildman–Crippen MR) is 131 cm³/mol. The number of nitrogens with zero attached hydrogens (tertiary/aromatic N) is 2. The van der Waals surface area contributed by atoms with Crippen LogP contribution >= 0.6 is 12.2 Å². The number of ether oxygens (including phenoxy) is 3. The summed E-state index contributed by atoms with van der Waals surface area (Å²) in [5.74, 6) is -1.05. The summed E-state index contributed by atoms with van der Waals surface area (Å²) in [5, 5.41) is 3.76. The van der Waals surface area contributed by atoms with E-state index < -0.39 is 30.1 Å². The number of likely N-dealkylation sites (tertiary alicyclic amines) is 1. The molecule has 3 rings (SSSR count). The summed E-state index contributed by atoms with van der Waals surface area (Å²) in [4.78, 5) is 43.9. The van der Waals surface area contributed by atoms with Crippen molar-refractivity contribution >= 4 is 51.8 Å². The van der Waals surface area contributed by atoms with Crippen LogP contribution < -0.4 is 5.32 Å². The Labute approximate surface area is 202 Å². The molecule has 9 nitrogen and oxygen atoms in total. The van der Waals surface area contributed by atoms with Crippen LogP contribution in [0.1, 0.15) is 23.7 Å². The monoisotopic (exact) mass is 483 g/mol. The van der Waals surface area contributed by atoms with Gasteiger partial charge in [0.1, 0.15) is 25.4 Å². The SMILES string of the molecule is C=CCOC(=O)c1cc(NC(=O)C2CC(OC(C)=S)CN2C(=O)OCC=C)c2cccnc2c1. The molecule has 2 amide bonds. The van der Waals surface area contributed by atoms with E-state index in [1.54, 1.807) is 31.3 Å². The Morgan fingerprint density at radius 1 is 1.24 bits per heavy atom. The summed E-state index contributed by atoms with van der Waals surface area (Å²) in [7, 11) is 0. The molecule has 1 aromatic carbocycles. The second-order valence-corrected chi connectivity index (χ2v) is 8.05. The minimum absolute atomic E-state index is 0.00651. The molecule has 0 aliphatic carbocycles. The number of benzene rings is 1. The van der Waals surface area contributed by atoms with Crippen molar-refractivity contribution < 1.29 is 28.6 Å². The molecule has 2 heterocycles. The maximum atomic E-state index is 13.3. The number of rotatable bonds is 8. The summed E-state index contributed by atoms with van der Waals surface area (Å²) in [6, 6.07) is 5.70. The smallest absolute Gasteiger partial charge is 0.410 e. The molecule has 1 aromatic heterocycles. The molecule has 0 spiro atoms. The number of nitrogens with one attached hydrogen (secondary N) is 1. The Hall–Kier alpha value is -3.79. The van der Waals surface area contributed by atoms with Crippen LogP contribution in [0.15, 0.2) is 55.8 Å².